The summed E-state index contributed by atoms with van der Waals surface area (Å²) < 4.78 is 0. The van der Waals surface area contributed by atoms with Gasteiger partial charge >= 0.3 is 0 Å². The summed E-state index contributed by atoms with van der Waals surface area (Å²) in [5.74, 6) is 0.868. The molecule has 0 heterocycles. The lowest BCUT2D eigenvalue weighted by Crippen LogP contribution is -2.15. The van der Waals surface area contributed by atoms with Crippen molar-refractivity contribution in [2.45, 2.75) is 45.4 Å². The van der Waals surface area contributed by atoms with Crippen molar-refractivity contribution in [3.05, 3.63) is 82.4 Å². The minimum absolute atomic E-state index is 0.169. The Morgan fingerprint density at radius 1 is 0.760 bits per heavy atom. The first-order valence-corrected chi connectivity index (χ1v) is 9.19. The maximum Gasteiger partial charge on any atom is 0.175 e. The Labute approximate surface area is 149 Å². The van der Waals surface area contributed by atoms with Crippen LogP contribution in [-0.4, -0.2) is 5.78 Å². The summed E-state index contributed by atoms with van der Waals surface area (Å²) >= 11 is 0. The van der Waals surface area contributed by atoms with E-state index in [0.717, 1.165) is 10.9 Å². The fraction of sp³-hybridized carbons (Fsp3) is 0.292. The zero-order valence-electron chi connectivity index (χ0n) is 15.3. The third kappa shape index (κ3) is 2.33. The minimum Gasteiger partial charge on any atom is -0.293 e. The van der Waals surface area contributed by atoms with E-state index in [1.54, 1.807) is 0 Å². The topological polar surface area (TPSA) is 17.1 Å². The van der Waals surface area contributed by atoms with Gasteiger partial charge in [-0.15, -0.1) is 0 Å². The minimum atomic E-state index is -0.169. The number of hydrogen-bond donors (Lipinski definition) is 0. The van der Waals surface area contributed by atoms with Gasteiger partial charge < -0.3 is 0 Å². The summed E-state index contributed by atoms with van der Waals surface area (Å²) in [5, 5.41) is 2.31. The Hall–Kier alpha value is -2.41. The van der Waals surface area contributed by atoms with E-state index in [2.05, 4.69) is 70.2 Å². The second-order valence-corrected chi connectivity index (χ2v) is 7.71. The molecule has 1 nitrogen and oxygen atoms in total. The van der Waals surface area contributed by atoms with Crippen LogP contribution in [0.5, 0.6) is 0 Å². The third-order valence-electron chi connectivity index (χ3n) is 5.48. The normalized spacial score (nSPS) is 16.4. The van der Waals surface area contributed by atoms with Crippen molar-refractivity contribution in [1.82, 2.24) is 0 Å². The summed E-state index contributed by atoms with van der Waals surface area (Å²) in [6, 6.07) is 19.0. The van der Waals surface area contributed by atoms with Gasteiger partial charge in [-0.05, 0) is 44.9 Å². The van der Waals surface area contributed by atoms with Gasteiger partial charge in [-0.2, -0.15) is 0 Å². The molecule has 0 N–H and O–H groups in total. The number of rotatable bonds is 3. The molecule has 0 fully saturated rings. The first-order valence-electron chi connectivity index (χ1n) is 9.19. The van der Waals surface area contributed by atoms with E-state index in [0.29, 0.717) is 11.8 Å². The highest BCUT2D eigenvalue weighted by atomic mass is 16.1. The van der Waals surface area contributed by atoms with Crippen LogP contribution >= 0.6 is 0 Å². The lowest BCUT2D eigenvalue weighted by atomic mass is 9.79. The monoisotopic (exact) mass is 328 g/mol. The first-order chi connectivity index (χ1) is 12.0. The molecule has 25 heavy (non-hydrogen) atoms. The van der Waals surface area contributed by atoms with E-state index < -0.39 is 0 Å². The van der Waals surface area contributed by atoms with Gasteiger partial charge in [-0.3, -0.25) is 4.79 Å². The molecule has 1 atom stereocenters. The van der Waals surface area contributed by atoms with Crippen LogP contribution in [0.25, 0.3) is 10.8 Å². The average molecular weight is 328 g/mol. The summed E-state index contributed by atoms with van der Waals surface area (Å²) in [6.45, 7) is 8.87. The smallest absolute Gasteiger partial charge is 0.175 e. The Bertz CT molecular complexity index is 947. The Kier molecular flexibility index (Phi) is 3.76. The Balaban J connectivity index is 2.05. The highest BCUT2D eigenvalue weighted by Crippen LogP contribution is 2.46. The van der Waals surface area contributed by atoms with E-state index in [1.165, 1.54) is 27.6 Å². The molecular weight excluding hydrogens is 304 g/mol. The van der Waals surface area contributed by atoms with Crippen molar-refractivity contribution in [2.75, 3.05) is 0 Å². The largest absolute Gasteiger partial charge is 0.293 e. The summed E-state index contributed by atoms with van der Waals surface area (Å²) in [4.78, 5) is 13.4. The summed E-state index contributed by atoms with van der Waals surface area (Å²) in [5.41, 5.74) is 5.89. The molecule has 0 amide bonds. The number of hydrogen-bond acceptors (Lipinski definition) is 1. The molecule has 0 bridgehead atoms. The van der Waals surface area contributed by atoms with E-state index in [4.69, 9.17) is 0 Å². The molecule has 0 aliphatic heterocycles. The fourth-order valence-corrected chi connectivity index (χ4v) is 4.34. The molecule has 0 saturated carbocycles. The van der Waals surface area contributed by atoms with E-state index in [1.807, 2.05) is 12.1 Å². The lowest BCUT2D eigenvalue weighted by molar-refractivity contribution is 0.0981. The zero-order valence-corrected chi connectivity index (χ0v) is 15.3. The molecule has 0 saturated heterocycles. The third-order valence-corrected chi connectivity index (χ3v) is 5.48. The van der Waals surface area contributed by atoms with Crippen molar-refractivity contribution in [2.24, 2.45) is 0 Å². The van der Waals surface area contributed by atoms with Gasteiger partial charge in [0.2, 0.25) is 0 Å². The SMILES string of the molecule is CC(C)c1cccc(C(C)C)c1C1C(=O)c2cccc3cccc1c23. The van der Waals surface area contributed by atoms with E-state index in [9.17, 15) is 4.79 Å². The van der Waals surface area contributed by atoms with Crippen LogP contribution in [0.2, 0.25) is 0 Å². The van der Waals surface area contributed by atoms with Crippen molar-refractivity contribution < 1.29 is 4.79 Å². The van der Waals surface area contributed by atoms with Gasteiger partial charge in [0.15, 0.2) is 5.78 Å². The molecule has 4 rings (SSSR count). The summed E-state index contributed by atoms with van der Waals surface area (Å²) in [7, 11) is 0. The highest BCUT2D eigenvalue weighted by Gasteiger charge is 2.36. The van der Waals surface area contributed by atoms with Crippen molar-refractivity contribution in [3.63, 3.8) is 0 Å². The Morgan fingerprint density at radius 3 is 1.92 bits per heavy atom. The van der Waals surface area contributed by atoms with Crippen LogP contribution in [0.4, 0.5) is 0 Å². The first kappa shape index (κ1) is 16.1. The molecule has 1 heteroatoms. The number of carbonyl (C=O) groups is 1. The van der Waals surface area contributed by atoms with Crippen LogP contribution in [-0.2, 0) is 0 Å². The maximum absolute atomic E-state index is 13.4. The van der Waals surface area contributed by atoms with Gasteiger partial charge in [-0.25, -0.2) is 0 Å². The van der Waals surface area contributed by atoms with Crippen LogP contribution in [0.3, 0.4) is 0 Å². The molecule has 1 aliphatic carbocycles. The van der Waals surface area contributed by atoms with E-state index >= 15 is 0 Å². The van der Waals surface area contributed by atoms with Crippen molar-refractivity contribution in [1.29, 1.82) is 0 Å². The molecule has 0 spiro atoms. The van der Waals surface area contributed by atoms with Crippen LogP contribution in [0.1, 0.15) is 78.1 Å². The quantitative estimate of drug-likeness (QED) is 0.542. The van der Waals surface area contributed by atoms with Gasteiger partial charge in [-0.1, -0.05) is 82.3 Å². The average Bonchev–Trinajstić information content (AvgIpc) is 2.88. The second kappa shape index (κ2) is 5.84. The van der Waals surface area contributed by atoms with Gasteiger partial charge in [0.05, 0.1) is 5.92 Å². The zero-order chi connectivity index (χ0) is 17.7. The Morgan fingerprint density at radius 2 is 1.32 bits per heavy atom. The van der Waals surface area contributed by atoms with Crippen molar-refractivity contribution in [3.8, 4) is 0 Å². The van der Waals surface area contributed by atoms with Crippen LogP contribution in [0, 0.1) is 0 Å². The molecule has 1 unspecified atom stereocenters. The molecule has 0 aromatic heterocycles. The van der Waals surface area contributed by atoms with Crippen LogP contribution in [0.15, 0.2) is 54.6 Å². The number of Topliss-reactive ketones (excluding diaryl/α,β-unsaturated/α-hetero) is 1. The molecule has 1 aliphatic rings. The number of ketones is 1. The standard InChI is InChI=1S/C24H24O/c1-14(2)17-10-7-11-18(15(3)4)22(17)23-19-12-5-8-16-9-6-13-20(21(16)19)24(23)25/h5-15,23H,1-4H3. The number of carbonyl (C=O) groups excluding carboxylic acids is 1. The molecule has 126 valence electrons. The highest BCUT2D eigenvalue weighted by molar-refractivity contribution is 6.19. The maximum atomic E-state index is 13.4. The van der Waals surface area contributed by atoms with Gasteiger partial charge in [0.25, 0.3) is 0 Å². The lowest BCUT2D eigenvalue weighted by Gasteiger charge is -2.24. The van der Waals surface area contributed by atoms with Crippen molar-refractivity contribution >= 4 is 16.6 Å². The molecular formula is C24H24O. The molecule has 3 aromatic carbocycles. The number of benzene rings is 3. The second-order valence-electron chi connectivity index (χ2n) is 7.71. The molecule has 0 radical (unpaired) electrons. The predicted molar refractivity (Wildman–Crippen MR) is 105 cm³/mol. The fourth-order valence-electron chi connectivity index (χ4n) is 4.34. The molecule has 3 aromatic rings. The van der Waals surface area contributed by atoms with Crippen LogP contribution < -0.4 is 0 Å². The van der Waals surface area contributed by atoms with E-state index in [-0.39, 0.29) is 11.7 Å². The van der Waals surface area contributed by atoms with Gasteiger partial charge in [0.1, 0.15) is 0 Å². The summed E-state index contributed by atoms with van der Waals surface area (Å²) in [6.07, 6.45) is 0. The van der Waals surface area contributed by atoms with Gasteiger partial charge in [0, 0.05) is 5.56 Å². The predicted octanol–water partition coefficient (Wildman–Crippen LogP) is 6.41.